The van der Waals surface area contributed by atoms with Crippen LogP contribution in [0.2, 0.25) is 0 Å². The second kappa shape index (κ2) is 5.58. The topological polar surface area (TPSA) is 63.8 Å². The Morgan fingerprint density at radius 2 is 2.31 bits per heavy atom. The fourth-order valence-corrected chi connectivity index (χ4v) is 1.93. The highest BCUT2D eigenvalue weighted by molar-refractivity contribution is 7.13. The van der Waals surface area contributed by atoms with E-state index in [0.29, 0.717) is 0 Å². The molecular weight excluding hydrogens is 220 g/mol. The molecule has 0 bridgehead atoms. The molecule has 1 aromatic carbocycles. The van der Waals surface area contributed by atoms with Gasteiger partial charge in [0.25, 0.3) is 0 Å². The summed E-state index contributed by atoms with van der Waals surface area (Å²) in [7, 11) is 0. The molecule has 0 fully saturated rings. The van der Waals surface area contributed by atoms with Crippen molar-refractivity contribution in [3.05, 3.63) is 35.3 Å². The molecule has 0 aliphatic rings. The molecule has 5 heteroatoms. The van der Waals surface area contributed by atoms with Crippen molar-refractivity contribution in [1.29, 1.82) is 0 Å². The van der Waals surface area contributed by atoms with Crippen molar-refractivity contribution < 1.29 is 0 Å². The van der Waals surface area contributed by atoms with Gasteiger partial charge in [-0.05, 0) is 37.1 Å². The highest BCUT2D eigenvalue weighted by Crippen LogP contribution is 2.18. The summed E-state index contributed by atoms with van der Waals surface area (Å²) in [5.41, 5.74) is 9.54. The van der Waals surface area contributed by atoms with E-state index < -0.39 is 0 Å². The van der Waals surface area contributed by atoms with Gasteiger partial charge in [-0.3, -0.25) is 0 Å². The molecule has 0 aliphatic carbocycles. The molecule has 84 valence electrons. The molecule has 0 unspecified atom stereocenters. The molecule has 0 amide bonds. The van der Waals surface area contributed by atoms with Crippen LogP contribution in [-0.4, -0.2) is 16.7 Å². The summed E-state index contributed by atoms with van der Waals surface area (Å²) in [5, 5.41) is 11.8. The lowest BCUT2D eigenvalue weighted by Gasteiger charge is -2.05. The third kappa shape index (κ3) is 3.01. The Bertz CT molecular complexity index is 427. The normalized spacial score (nSPS) is 10.3. The maximum Gasteiger partial charge on any atom is 0.209 e. The standard InChI is InChI=1S/C11H14N4S/c12-6-2-4-9-3-1-5-10(7-9)14-11-15-13-8-16-11/h1,3,5,7-8H,2,4,6,12H2,(H,14,15). The maximum absolute atomic E-state index is 5.49. The summed E-state index contributed by atoms with van der Waals surface area (Å²) < 4.78 is 0. The lowest BCUT2D eigenvalue weighted by atomic mass is 10.1. The Hall–Kier alpha value is -1.46. The van der Waals surface area contributed by atoms with Gasteiger partial charge < -0.3 is 11.1 Å². The van der Waals surface area contributed by atoms with Gasteiger partial charge >= 0.3 is 0 Å². The number of rotatable bonds is 5. The van der Waals surface area contributed by atoms with Gasteiger partial charge in [-0.2, -0.15) is 0 Å². The predicted molar refractivity (Wildman–Crippen MR) is 67.0 cm³/mol. The van der Waals surface area contributed by atoms with Crippen LogP contribution in [0, 0.1) is 0 Å². The maximum atomic E-state index is 5.49. The first-order valence-electron chi connectivity index (χ1n) is 5.20. The van der Waals surface area contributed by atoms with Crippen LogP contribution in [0.4, 0.5) is 10.8 Å². The van der Waals surface area contributed by atoms with Gasteiger partial charge in [0.05, 0.1) is 0 Å². The van der Waals surface area contributed by atoms with Crippen molar-refractivity contribution in [3.8, 4) is 0 Å². The van der Waals surface area contributed by atoms with Crippen LogP contribution < -0.4 is 11.1 Å². The van der Waals surface area contributed by atoms with Crippen LogP contribution in [0.3, 0.4) is 0 Å². The second-order valence-electron chi connectivity index (χ2n) is 3.46. The number of aromatic nitrogens is 2. The molecule has 4 nitrogen and oxygen atoms in total. The number of nitrogens with two attached hydrogens (primary N) is 1. The third-order valence-corrected chi connectivity index (χ3v) is 2.81. The Kier molecular flexibility index (Phi) is 3.85. The molecule has 16 heavy (non-hydrogen) atoms. The zero-order valence-electron chi connectivity index (χ0n) is 8.89. The van der Waals surface area contributed by atoms with E-state index in [9.17, 15) is 0 Å². The molecule has 0 spiro atoms. The van der Waals surface area contributed by atoms with E-state index >= 15 is 0 Å². The van der Waals surface area contributed by atoms with Crippen LogP contribution in [0.5, 0.6) is 0 Å². The van der Waals surface area contributed by atoms with E-state index in [-0.39, 0.29) is 0 Å². The minimum absolute atomic E-state index is 0.730. The van der Waals surface area contributed by atoms with Crippen molar-refractivity contribution >= 4 is 22.2 Å². The van der Waals surface area contributed by atoms with Crippen molar-refractivity contribution in [1.82, 2.24) is 10.2 Å². The van der Waals surface area contributed by atoms with Gasteiger partial charge in [0.15, 0.2) is 0 Å². The first-order valence-corrected chi connectivity index (χ1v) is 6.08. The molecule has 0 saturated heterocycles. The Morgan fingerprint density at radius 3 is 3.06 bits per heavy atom. The van der Waals surface area contributed by atoms with Crippen molar-refractivity contribution in [3.63, 3.8) is 0 Å². The van der Waals surface area contributed by atoms with E-state index in [2.05, 4.69) is 27.6 Å². The van der Waals surface area contributed by atoms with Gasteiger partial charge in [0.1, 0.15) is 5.51 Å². The van der Waals surface area contributed by atoms with Crippen LogP contribution in [0.25, 0.3) is 0 Å². The van der Waals surface area contributed by atoms with Crippen LogP contribution in [-0.2, 0) is 6.42 Å². The summed E-state index contributed by atoms with van der Waals surface area (Å²) >= 11 is 1.49. The summed E-state index contributed by atoms with van der Waals surface area (Å²) in [6.07, 6.45) is 2.03. The molecule has 3 N–H and O–H groups in total. The monoisotopic (exact) mass is 234 g/mol. The quantitative estimate of drug-likeness (QED) is 0.832. The smallest absolute Gasteiger partial charge is 0.209 e. The number of hydrogen-bond acceptors (Lipinski definition) is 5. The third-order valence-electron chi connectivity index (χ3n) is 2.21. The summed E-state index contributed by atoms with van der Waals surface area (Å²) in [5.74, 6) is 0. The zero-order chi connectivity index (χ0) is 11.2. The molecule has 0 radical (unpaired) electrons. The van der Waals surface area contributed by atoms with Crippen molar-refractivity contribution in [2.24, 2.45) is 5.73 Å². The summed E-state index contributed by atoms with van der Waals surface area (Å²) in [4.78, 5) is 0. The van der Waals surface area contributed by atoms with Gasteiger partial charge in [0, 0.05) is 5.69 Å². The lowest BCUT2D eigenvalue weighted by Crippen LogP contribution is -2.00. The first-order chi connectivity index (χ1) is 7.88. The Balaban J connectivity index is 2.04. The van der Waals surface area contributed by atoms with E-state index in [0.717, 1.165) is 30.2 Å². The van der Waals surface area contributed by atoms with E-state index in [1.165, 1.54) is 16.9 Å². The molecule has 2 aromatic rings. The largest absolute Gasteiger partial charge is 0.330 e. The minimum atomic E-state index is 0.730. The molecule has 0 atom stereocenters. The van der Waals surface area contributed by atoms with Crippen LogP contribution in [0.15, 0.2) is 29.8 Å². The molecule has 2 rings (SSSR count). The van der Waals surface area contributed by atoms with Crippen molar-refractivity contribution in [2.75, 3.05) is 11.9 Å². The zero-order valence-corrected chi connectivity index (χ0v) is 9.70. The number of nitrogens with zero attached hydrogens (tertiary/aromatic N) is 2. The summed E-state index contributed by atoms with van der Waals surface area (Å²) in [6, 6.07) is 8.29. The number of hydrogen-bond donors (Lipinski definition) is 2. The molecular formula is C11H14N4S. The first kappa shape index (κ1) is 11.0. The Morgan fingerprint density at radius 1 is 1.38 bits per heavy atom. The van der Waals surface area contributed by atoms with Crippen LogP contribution >= 0.6 is 11.3 Å². The predicted octanol–water partition coefficient (Wildman–Crippen LogP) is 2.17. The van der Waals surface area contributed by atoms with Crippen LogP contribution in [0.1, 0.15) is 12.0 Å². The van der Waals surface area contributed by atoms with E-state index in [4.69, 9.17) is 5.73 Å². The van der Waals surface area contributed by atoms with Gasteiger partial charge in [0.2, 0.25) is 5.13 Å². The lowest BCUT2D eigenvalue weighted by molar-refractivity contribution is 0.833. The number of benzene rings is 1. The fourth-order valence-electron chi connectivity index (χ4n) is 1.46. The molecule has 0 saturated carbocycles. The van der Waals surface area contributed by atoms with E-state index in [1.807, 2.05) is 12.1 Å². The SMILES string of the molecule is NCCCc1cccc(Nc2nncs2)c1. The molecule has 1 aromatic heterocycles. The fraction of sp³-hybridized carbons (Fsp3) is 0.273. The second-order valence-corrected chi connectivity index (χ2v) is 4.29. The number of anilines is 2. The number of aryl methyl sites for hydroxylation is 1. The van der Waals surface area contributed by atoms with Gasteiger partial charge in [-0.1, -0.05) is 23.5 Å². The average molecular weight is 234 g/mol. The minimum Gasteiger partial charge on any atom is -0.330 e. The van der Waals surface area contributed by atoms with Crippen molar-refractivity contribution in [2.45, 2.75) is 12.8 Å². The Labute approximate surface area is 98.5 Å². The summed E-state index contributed by atoms with van der Waals surface area (Å²) in [6.45, 7) is 0.730. The highest BCUT2D eigenvalue weighted by atomic mass is 32.1. The molecule has 1 heterocycles. The van der Waals surface area contributed by atoms with Gasteiger partial charge in [-0.25, -0.2) is 0 Å². The average Bonchev–Trinajstić information content (AvgIpc) is 2.80. The molecule has 0 aliphatic heterocycles. The van der Waals surface area contributed by atoms with E-state index in [1.54, 1.807) is 5.51 Å². The van der Waals surface area contributed by atoms with Gasteiger partial charge in [-0.15, -0.1) is 10.2 Å². The highest BCUT2D eigenvalue weighted by Gasteiger charge is 1.99. The number of nitrogens with one attached hydrogen (secondary N) is 1.